The van der Waals surface area contributed by atoms with Crippen molar-refractivity contribution in [2.24, 2.45) is 0 Å². The summed E-state index contributed by atoms with van der Waals surface area (Å²) in [6, 6.07) is 32.0. The number of rotatable bonds is 11. The number of carbonyl (C=O) groups is 1. The molecule has 9 nitrogen and oxygen atoms in total. The number of aryl methyl sites for hydroxylation is 1. The van der Waals surface area contributed by atoms with Crippen molar-refractivity contribution in [2.45, 2.75) is 23.3 Å². The van der Waals surface area contributed by atoms with Crippen molar-refractivity contribution in [3.63, 3.8) is 0 Å². The normalized spacial score (nSPS) is 11.5. The van der Waals surface area contributed by atoms with E-state index in [1.165, 1.54) is 47.8 Å². The van der Waals surface area contributed by atoms with Gasteiger partial charge in [-0.15, -0.1) is 0 Å². The standard InChI is InChI=1S/C34H30ClN3O6S2/c1-24-8-13-27(35)22-33(24)38(46(42,43)32-6-4-3-5-7-32)23-25-9-11-26(12-10-25)34(39)36-28-16-20-31(21-17-28)45(40,41)37-29-14-18-30(44-2)19-15-29/h3-22,37H,23H2,1-2H3,(H,36,39). The predicted octanol–water partition coefficient (Wildman–Crippen LogP) is 7.11. The molecule has 0 spiro atoms. The first-order valence-corrected chi connectivity index (χ1v) is 17.3. The van der Waals surface area contributed by atoms with Gasteiger partial charge in [0, 0.05) is 22.0 Å². The molecule has 0 aliphatic heterocycles. The number of nitrogens with zero attached hydrogens (tertiary/aromatic N) is 1. The van der Waals surface area contributed by atoms with Gasteiger partial charge in [-0.25, -0.2) is 16.8 Å². The molecule has 0 aliphatic rings. The molecular formula is C34H30ClN3O6S2. The first-order valence-electron chi connectivity index (χ1n) is 14.0. The summed E-state index contributed by atoms with van der Waals surface area (Å²) in [7, 11) is -6.28. The highest BCUT2D eigenvalue weighted by Crippen LogP contribution is 2.31. The van der Waals surface area contributed by atoms with E-state index in [1.807, 2.05) is 6.92 Å². The lowest BCUT2D eigenvalue weighted by Crippen LogP contribution is -2.31. The Labute approximate surface area is 273 Å². The molecule has 0 fully saturated rings. The van der Waals surface area contributed by atoms with E-state index in [9.17, 15) is 21.6 Å². The summed E-state index contributed by atoms with van der Waals surface area (Å²) in [6.07, 6.45) is 0. The van der Waals surface area contributed by atoms with Crippen molar-refractivity contribution in [1.82, 2.24) is 0 Å². The minimum atomic E-state index is -3.95. The molecule has 5 aromatic rings. The lowest BCUT2D eigenvalue weighted by atomic mass is 10.1. The molecule has 0 aliphatic carbocycles. The van der Waals surface area contributed by atoms with Crippen molar-refractivity contribution in [3.05, 3.63) is 143 Å². The first kappa shape index (κ1) is 32.6. The van der Waals surface area contributed by atoms with Crippen molar-refractivity contribution in [2.75, 3.05) is 21.5 Å². The Balaban J connectivity index is 1.30. The molecule has 0 saturated carbocycles. The topological polar surface area (TPSA) is 122 Å². The van der Waals surface area contributed by atoms with Crippen LogP contribution in [0.1, 0.15) is 21.5 Å². The van der Waals surface area contributed by atoms with Gasteiger partial charge in [-0.1, -0.05) is 48.0 Å². The van der Waals surface area contributed by atoms with E-state index in [-0.39, 0.29) is 16.3 Å². The highest BCUT2D eigenvalue weighted by Gasteiger charge is 2.27. The number of anilines is 3. The number of ether oxygens (including phenoxy) is 1. The zero-order valence-electron chi connectivity index (χ0n) is 24.8. The summed E-state index contributed by atoms with van der Waals surface area (Å²) in [5.74, 6) is 0.182. The van der Waals surface area contributed by atoms with Gasteiger partial charge in [0.15, 0.2) is 0 Å². The molecule has 0 aromatic heterocycles. The number of hydrogen-bond acceptors (Lipinski definition) is 6. The molecule has 236 valence electrons. The number of sulfonamides is 2. The van der Waals surface area contributed by atoms with E-state index in [0.29, 0.717) is 39.0 Å². The van der Waals surface area contributed by atoms with Crippen LogP contribution in [0, 0.1) is 6.92 Å². The Morgan fingerprint density at radius 3 is 2.02 bits per heavy atom. The Bertz CT molecular complexity index is 2060. The van der Waals surface area contributed by atoms with E-state index < -0.39 is 26.0 Å². The molecule has 2 N–H and O–H groups in total. The van der Waals surface area contributed by atoms with Gasteiger partial charge in [0.05, 0.1) is 29.1 Å². The van der Waals surface area contributed by atoms with Gasteiger partial charge in [0.1, 0.15) is 5.75 Å². The van der Waals surface area contributed by atoms with Gasteiger partial charge < -0.3 is 10.1 Å². The smallest absolute Gasteiger partial charge is 0.264 e. The van der Waals surface area contributed by atoms with Crippen molar-refractivity contribution in [3.8, 4) is 5.75 Å². The lowest BCUT2D eigenvalue weighted by Gasteiger charge is -2.26. The van der Waals surface area contributed by atoms with Crippen LogP contribution in [0.25, 0.3) is 0 Å². The van der Waals surface area contributed by atoms with Crippen molar-refractivity contribution in [1.29, 1.82) is 0 Å². The van der Waals surface area contributed by atoms with E-state index in [2.05, 4.69) is 10.0 Å². The minimum absolute atomic E-state index is 0.000800. The summed E-state index contributed by atoms with van der Waals surface area (Å²) in [6.45, 7) is 1.81. The van der Waals surface area contributed by atoms with Gasteiger partial charge in [-0.3, -0.25) is 13.8 Å². The molecule has 0 bridgehead atoms. The second-order valence-electron chi connectivity index (χ2n) is 10.3. The number of halogens is 1. The molecule has 5 aromatic carbocycles. The SMILES string of the molecule is COc1ccc(NS(=O)(=O)c2ccc(NC(=O)c3ccc(CN(c4cc(Cl)ccc4C)S(=O)(=O)c4ccccc4)cc3)cc2)cc1. The summed E-state index contributed by atoms with van der Waals surface area (Å²) < 4.78 is 62.0. The average molecular weight is 676 g/mol. The molecule has 0 atom stereocenters. The Morgan fingerprint density at radius 2 is 1.39 bits per heavy atom. The number of carbonyl (C=O) groups excluding carboxylic acids is 1. The molecule has 0 heterocycles. The fourth-order valence-corrected chi connectivity index (χ4v) is 7.35. The molecule has 0 unspecified atom stereocenters. The minimum Gasteiger partial charge on any atom is -0.497 e. The second-order valence-corrected chi connectivity index (χ2v) is 14.2. The first-order chi connectivity index (χ1) is 22.0. The van der Waals surface area contributed by atoms with Crippen LogP contribution in [0.2, 0.25) is 5.02 Å². The van der Waals surface area contributed by atoms with Gasteiger partial charge in [0.2, 0.25) is 0 Å². The lowest BCUT2D eigenvalue weighted by molar-refractivity contribution is 0.102. The summed E-state index contributed by atoms with van der Waals surface area (Å²) in [5, 5.41) is 3.16. The molecule has 1 amide bonds. The maximum absolute atomic E-state index is 13.8. The van der Waals surface area contributed by atoms with E-state index in [1.54, 1.807) is 84.9 Å². The van der Waals surface area contributed by atoms with Gasteiger partial charge in [0.25, 0.3) is 26.0 Å². The van der Waals surface area contributed by atoms with Crippen LogP contribution in [0.15, 0.2) is 131 Å². The van der Waals surface area contributed by atoms with Crippen LogP contribution < -0.4 is 19.1 Å². The summed E-state index contributed by atoms with van der Waals surface area (Å²) in [5.41, 5.74) is 2.93. The van der Waals surface area contributed by atoms with Crippen LogP contribution >= 0.6 is 11.6 Å². The highest BCUT2D eigenvalue weighted by atomic mass is 35.5. The third-order valence-corrected chi connectivity index (χ3v) is 10.5. The predicted molar refractivity (Wildman–Crippen MR) is 181 cm³/mol. The fraction of sp³-hybridized carbons (Fsp3) is 0.0882. The van der Waals surface area contributed by atoms with E-state index in [0.717, 1.165) is 5.56 Å². The highest BCUT2D eigenvalue weighted by molar-refractivity contribution is 7.93. The summed E-state index contributed by atoms with van der Waals surface area (Å²) in [4.78, 5) is 13.2. The van der Waals surface area contributed by atoms with Crippen LogP contribution in [-0.4, -0.2) is 29.9 Å². The number of nitrogens with one attached hydrogen (secondary N) is 2. The molecule has 0 radical (unpaired) electrons. The maximum atomic E-state index is 13.8. The monoisotopic (exact) mass is 675 g/mol. The third kappa shape index (κ3) is 7.51. The summed E-state index contributed by atoms with van der Waals surface area (Å²) >= 11 is 6.25. The molecule has 12 heteroatoms. The third-order valence-electron chi connectivity index (χ3n) is 7.08. The maximum Gasteiger partial charge on any atom is 0.264 e. The van der Waals surface area contributed by atoms with Crippen LogP contribution in [-0.2, 0) is 26.6 Å². The van der Waals surface area contributed by atoms with Gasteiger partial charge in [-0.2, -0.15) is 0 Å². The second kappa shape index (κ2) is 13.7. The number of methoxy groups -OCH3 is 1. The number of hydrogen-bond donors (Lipinski definition) is 2. The average Bonchev–Trinajstić information content (AvgIpc) is 3.06. The molecular weight excluding hydrogens is 646 g/mol. The van der Waals surface area contributed by atoms with Crippen LogP contribution in [0.3, 0.4) is 0 Å². The Morgan fingerprint density at radius 1 is 0.761 bits per heavy atom. The molecule has 46 heavy (non-hydrogen) atoms. The molecule has 0 saturated heterocycles. The van der Waals surface area contributed by atoms with E-state index in [4.69, 9.17) is 16.3 Å². The largest absolute Gasteiger partial charge is 0.497 e. The Hall–Kier alpha value is -4.84. The van der Waals surface area contributed by atoms with Crippen LogP contribution in [0.4, 0.5) is 17.1 Å². The van der Waals surface area contributed by atoms with Gasteiger partial charge >= 0.3 is 0 Å². The van der Waals surface area contributed by atoms with Crippen LogP contribution in [0.5, 0.6) is 5.75 Å². The van der Waals surface area contributed by atoms with E-state index >= 15 is 0 Å². The fourth-order valence-electron chi connectivity index (χ4n) is 4.59. The van der Waals surface area contributed by atoms with Gasteiger partial charge in [-0.05, 0) is 103 Å². The number of amides is 1. The quantitative estimate of drug-likeness (QED) is 0.154. The Kier molecular flexibility index (Phi) is 9.66. The van der Waals surface area contributed by atoms with Crippen molar-refractivity contribution >= 4 is 54.6 Å². The molecule has 5 rings (SSSR count). The number of benzene rings is 5. The zero-order valence-corrected chi connectivity index (χ0v) is 27.2. The van der Waals surface area contributed by atoms with Crippen molar-refractivity contribution < 1.29 is 26.4 Å². The zero-order chi connectivity index (χ0) is 32.9.